The Morgan fingerprint density at radius 3 is 2.39 bits per heavy atom. The van der Waals surface area contributed by atoms with Gasteiger partial charge in [0.2, 0.25) is 0 Å². The second-order valence-electron chi connectivity index (χ2n) is 8.16. The number of fused-ring (bicyclic) bond motifs is 1. The number of rotatable bonds is 6. The lowest BCUT2D eigenvalue weighted by atomic mass is 9.94. The molecule has 0 N–H and O–H groups in total. The molecule has 0 aliphatic heterocycles. The van der Waals surface area contributed by atoms with Gasteiger partial charge in [0.1, 0.15) is 5.82 Å². The molecular formula is C27H26ClN3. The lowest BCUT2D eigenvalue weighted by molar-refractivity contribution is 0.702. The Kier molecular flexibility index (Phi) is 6.11. The summed E-state index contributed by atoms with van der Waals surface area (Å²) in [6.45, 7) is 7.29. The van der Waals surface area contributed by atoms with Gasteiger partial charge in [-0.2, -0.15) is 5.26 Å². The number of nitriles is 1. The number of halogens is 1. The van der Waals surface area contributed by atoms with Crippen LogP contribution in [0, 0.1) is 11.3 Å². The summed E-state index contributed by atoms with van der Waals surface area (Å²) in [5.74, 6) is 1.63. The first-order valence-electron chi connectivity index (χ1n) is 10.7. The van der Waals surface area contributed by atoms with E-state index >= 15 is 0 Å². The summed E-state index contributed by atoms with van der Waals surface area (Å²) in [6.07, 6.45) is 1.13. The van der Waals surface area contributed by atoms with Crippen LogP contribution in [0.2, 0.25) is 5.02 Å². The van der Waals surface area contributed by atoms with Gasteiger partial charge in [-0.05, 0) is 53.3 Å². The van der Waals surface area contributed by atoms with Crippen LogP contribution in [0.25, 0.3) is 11.0 Å². The van der Waals surface area contributed by atoms with E-state index in [1.165, 1.54) is 11.1 Å². The Bertz CT molecular complexity index is 1250. The number of imidazole rings is 1. The minimum absolute atomic E-state index is 0.103. The number of nitrogens with zero attached hydrogens (tertiary/aromatic N) is 3. The van der Waals surface area contributed by atoms with Crippen molar-refractivity contribution in [2.75, 3.05) is 0 Å². The second-order valence-corrected chi connectivity index (χ2v) is 8.57. The molecule has 0 saturated carbocycles. The minimum atomic E-state index is 0.103. The molecule has 1 aromatic heterocycles. The van der Waals surface area contributed by atoms with Crippen LogP contribution in [-0.2, 0) is 6.54 Å². The first kappa shape index (κ1) is 21.2. The van der Waals surface area contributed by atoms with Crippen molar-refractivity contribution in [3.8, 4) is 6.07 Å². The molecule has 156 valence electrons. The molecule has 2 unspecified atom stereocenters. The van der Waals surface area contributed by atoms with Crippen LogP contribution < -0.4 is 0 Å². The fourth-order valence-corrected chi connectivity index (χ4v) is 4.21. The SMILES string of the molecule is CCC(C)c1ccc(C(C)c2nc3cc(C#N)ccc3n2Cc2ccccc2Cl)cc1. The van der Waals surface area contributed by atoms with E-state index in [1.807, 2.05) is 42.5 Å². The highest BCUT2D eigenvalue weighted by Crippen LogP contribution is 2.31. The first-order chi connectivity index (χ1) is 15.0. The van der Waals surface area contributed by atoms with E-state index in [1.54, 1.807) is 0 Å². The topological polar surface area (TPSA) is 41.6 Å². The average Bonchev–Trinajstić information content (AvgIpc) is 3.17. The molecule has 1 heterocycles. The summed E-state index contributed by atoms with van der Waals surface area (Å²) in [7, 11) is 0. The van der Waals surface area contributed by atoms with Crippen molar-refractivity contribution in [2.24, 2.45) is 0 Å². The van der Waals surface area contributed by atoms with Crippen molar-refractivity contribution in [1.82, 2.24) is 9.55 Å². The van der Waals surface area contributed by atoms with E-state index < -0.39 is 0 Å². The van der Waals surface area contributed by atoms with E-state index in [0.29, 0.717) is 18.0 Å². The predicted molar refractivity (Wildman–Crippen MR) is 128 cm³/mol. The van der Waals surface area contributed by atoms with Gasteiger partial charge in [0.15, 0.2) is 0 Å². The van der Waals surface area contributed by atoms with Crippen molar-refractivity contribution < 1.29 is 0 Å². The molecule has 0 radical (unpaired) electrons. The van der Waals surface area contributed by atoms with Crippen LogP contribution >= 0.6 is 11.6 Å². The zero-order chi connectivity index (χ0) is 22.0. The molecule has 0 spiro atoms. The molecule has 0 saturated heterocycles. The molecule has 31 heavy (non-hydrogen) atoms. The molecule has 3 nitrogen and oxygen atoms in total. The van der Waals surface area contributed by atoms with Crippen molar-refractivity contribution in [3.05, 3.63) is 99.8 Å². The maximum absolute atomic E-state index is 9.32. The summed E-state index contributed by atoms with van der Waals surface area (Å²) in [5.41, 5.74) is 6.10. The van der Waals surface area contributed by atoms with Gasteiger partial charge in [-0.25, -0.2) is 4.98 Å². The quantitative estimate of drug-likeness (QED) is 0.324. The monoisotopic (exact) mass is 427 g/mol. The maximum Gasteiger partial charge on any atom is 0.117 e. The first-order valence-corrected chi connectivity index (χ1v) is 11.1. The van der Waals surface area contributed by atoms with Gasteiger partial charge in [0, 0.05) is 10.9 Å². The molecule has 0 amide bonds. The molecule has 4 aromatic rings. The number of hydrogen-bond acceptors (Lipinski definition) is 2. The van der Waals surface area contributed by atoms with Crippen LogP contribution in [0.5, 0.6) is 0 Å². The van der Waals surface area contributed by atoms with E-state index in [4.69, 9.17) is 16.6 Å². The van der Waals surface area contributed by atoms with Crippen molar-refractivity contribution in [3.63, 3.8) is 0 Å². The van der Waals surface area contributed by atoms with Crippen LogP contribution in [0.15, 0.2) is 66.7 Å². The third kappa shape index (κ3) is 4.22. The van der Waals surface area contributed by atoms with Gasteiger partial charge in [-0.3, -0.25) is 0 Å². The third-order valence-corrected chi connectivity index (χ3v) is 6.57. The molecule has 3 aromatic carbocycles. The maximum atomic E-state index is 9.32. The average molecular weight is 428 g/mol. The Morgan fingerprint density at radius 2 is 1.71 bits per heavy atom. The Morgan fingerprint density at radius 1 is 1.00 bits per heavy atom. The van der Waals surface area contributed by atoms with Crippen LogP contribution in [-0.4, -0.2) is 9.55 Å². The Labute approximate surface area is 188 Å². The number of aromatic nitrogens is 2. The van der Waals surface area contributed by atoms with E-state index in [-0.39, 0.29) is 5.92 Å². The van der Waals surface area contributed by atoms with Gasteiger partial charge in [-0.1, -0.05) is 74.8 Å². The van der Waals surface area contributed by atoms with Gasteiger partial charge in [0.05, 0.1) is 29.2 Å². The molecule has 0 aliphatic rings. The van der Waals surface area contributed by atoms with E-state index in [0.717, 1.165) is 33.9 Å². The van der Waals surface area contributed by atoms with Crippen molar-refractivity contribution in [1.29, 1.82) is 5.26 Å². The number of hydrogen-bond donors (Lipinski definition) is 0. The minimum Gasteiger partial charge on any atom is -0.323 e. The summed E-state index contributed by atoms with van der Waals surface area (Å²) in [4.78, 5) is 4.97. The molecule has 0 fully saturated rings. The summed E-state index contributed by atoms with van der Waals surface area (Å²) >= 11 is 6.47. The number of benzene rings is 3. The largest absolute Gasteiger partial charge is 0.323 e. The van der Waals surface area contributed by atoms with Crippen molar-refractivity contribution >= 4 is 22.6 Å². The lowest BCUT2D eigenvalue weighted by Crippen LogP contribution is -2.10. The summed E-state index contributed by atoms with van der Waals surface area (Å²) in [5, 5.41) is 10.1. The molecule has 2 atom stereocenters. The summed E-state index contributed by atoms with van der Waals surface area (Å²) in [6, 6.07) is 24.7. The smallest absolute Gasteiger partial charge is 0.117 e. The Hall–Kier alpha value is -3.09. The van der Waals surface area contributed by atoms with E-state index in [2.05, 4.69) is 55.7 Å². The zero-order valence-electron chi connectivity index (χ0n) is 18.1. The molecule has 0 bridgehead atoms. The fourth-order valence-electron chi connectivity index (χ4n) is 4.01. The van der Waals surface area contributed by atoms with Gasteiger partial charge >= 0.3 is 0 Å². The fraction of sp³-hybridized carbons (Fsp3) is 0.259. The van der Waals surface area contributed by atoms with Crippen LogP contribution in [0.1, 0.15) is 67.1 Å². The molecule has 0 aliphatic carbocycles. The predicted octanol–water partition coefficient (Wildman–Crippen LogP) is 7.27. The highest BCUT2D eigenvalue weighted by Gasteiger charge is 2.20. The van der Waals surface area contributed by atoms with Gasteiger partial charge in [-0.15, -0.1) is 0 Å². The second kappa shape index (κ2) is 8.96. The van der Waals surface area contributed by atoms with Crippen LogP contribution in [0.4, 0.5) is 0 Å². The molecule has 4 rings (SSSR count). The lowest BCUT2D eigenvalue weighted by Gasteiger charge is -2.17. The third-order valence-electron chi connectivity index (χ3n) is 6.20. The highest BCUT2D eigenvalue weighted by atomic mass is 35.5. The Balaban J connectivity index is 1.80. The van der Waals surface area contributed by atoms with E-state index in [9.17, 15) is 5.26 Å². The zero-order valence-corrected chi connectivity index (χ0v) is 18.9. The standard InChI is InChI=1S/C27H26ClN3/c1-4-18(2)21-10-12-22(13-11-21)19(3)27-30-25-15-20(16-29)9-14-26(25)31(27)17-23-7-5-6-8-24(23)28/h5-15,18-19H,4,17H2,1-3H3. The summed E-state index contributed by atoms with van der Waals surface area (Å²) < 4.78 is 2.23. The normalized spacial score (nSPS) is 13.1. The van der Waals surface area contributed by atoms with Gasteiger partial charge < -0.3 is 4.57 Å². The van der Waals surface area contributed by atoms with Gasteiger partial charge in [0.25, 0.3) is 0 Å². The van der Waals surface area contributed by atoms with Crippen molar-refractivity contribution in [2.45, 2.75) is 45.6 Å². The van der Waals surface area contributed by atoms with Crippen LogP contribution in [0.3, 0.4) is 0 Å². The molecule has 4 heteroatoms. The highest BCUT2D eigenvalue weighted by molar-refractivity contribution is 6.31. The molecular weight excluding hydrogens is 402 g/mol.